The molecule has 1 amide bonds. The van der Waals surface area contributed by atoms with Crippen LogP contribution in [0.25, 0.3) is 0 Å². The Morgan fingerprint density at radius 1 is 0.879 bits per heavy atom. The Kier molecular flexibility index (Phi) is 7.25. The Morgan fingerprint density at radius 3 is 1.94 bits per heavy atom. The Bertz CT molecular complexity index is 1180. The van der Waals surface area contributed by atoms with Crippen molar-refractivity contribution < 1.29 is 24.2 Å². The Labute approximate surface area is 195 Å². The molecule has 3 aromatic rings. The van der Waals surface area contributed by atoms with Crippen molar-refractivity contribution in [1.29, 1.82) is 0 Å². The molecule has 0 radical (unpaired) electrons. The smallest absolute Gasteiger partial charge is 0.335 e. The number of carbonyl (C=O) groups excluding carboxylic acids is 2. The van der Waals surface area contributed by atoms with Crippen molar-refractivity contribution in [2.75, 3.05) is 0 Å². The zero-order valence-electron chi connectivity index (χ0n) is 17.9. The molecule has 0 saturated carbocycles. The summed E-state index contributed by atoms with van der Waals surface area (Å²) < 4.78 is 5.78. The van der Waals surface area contributed by atoms with E-state index < -0.39 is 17.5 Å². The average Bonchev–Trinajstić information content (AvgIpc) is 2.79. The number of benzene rings is 3. The number of ketones is 1. The van der Waals surface area contributed by atoms with Gasteiger partial charge in [0.15, 0.2) is 11.4 Å². The van der Waals surface area contributed by atoms with E-state index in [-0.39, 0.29) is 11.3 Å². The third kappa shape index (κ3) is 6.27. The second-order valence-electron chi connectivity index (χ2n) is 7.60. The number of carboxylic acids is 1. The van der Waals surface area contributed by atoms with E-state index >= 15 is 0 Å². The van der Waals surface area contributed by atoms with Crippen molar-refractivity contribution in [1.82, 2.24) is 5.43 Å². The first kappa shape index (κ1) is 23.7. The fraction of sp³-hybridized carbons (Fsp3) is 0.120. The lowest BCUT2D eigenvalue weighted by atomic mass is 10.0. The third-order valence-electron chi connectivity index (χ3n) is 4.68. The van der Waals surface area contributed by atoms with E-state index in [1.165, 1.54) is 18.3 Å². The molecule has 0 aliphatic heterocycles. The third-order valence-corrected chi connectivity index (χ3v) is 4.93. The van der Waals surface area contributed by atoms with E-state index in [1.54, 1.807) is 74.5 Å². The number of rotatable bonds is 8. The predicted octanol–water partition coefficient (Wildman–Crippen LogP) is 4.58. The summed E-state index contributed by atoms with van der Waals surface area (Å²) in [4.78, 5) is 35.9. The number of nitrogens with zero attached hydrogens (tertiary/aromatic N) is 1. The molecule has 3 aromatic carbocycles. The molecule has 8 heteroatoms. The van der Waals surface area contributed by atoms with Crippen LogP contribution in [0.3, 0.4) is 0 Å². The quantitative estimate of drug-likeness (QED) is 0.288. The first-order valence-electron chi connectivity index (χ1n) is 9.92. The van der Waals surface area contributed by atoms with Crippen LogP contribution >= 0.6 is 11.6 Å². The topological polar surface area (TPSA) is 105 Å². The molecule has 3 rings (SSSR count). The molecule has 0 heterocycles. The molecular weight excluding hydrogens is 444 g/mol. The van der Waals surface area contributed by atoms with Gasteiger partial charge in [-0.15, -0.1) is 0 Å². The van der Waals surface area contributed by atoms with Crippen LogP contribution < -0.4 is 10.2 Å². The van der Waals surface area contributed by atoms with Gasteiger partial charge < -0.3 is 9.84 Å². The first-order chi connectivity index (χ1) is 15.7. The molecule has 168 valence electrons. The van der Waals surface area contributed by atoms with E-state index in [1.807, 2.05) is 0 Å². The molecule has 0 unspecified atom stereocenters. The summed E-state index contributed by atoms with van der Waals surface area (Å²) in [6.07, 6.45) is 1.40. The van der Waals surface area contributed by atoms with Crippen molar-refractivity contribution in [3.8, 4) is 5.75 Å². The lowest BCUT2D eigenvalue weighted by molar-refractivity contribution is -0.134. The zero-order chi connectivity index (χ0) is 24.0. The molecule has 0 saturated heterocycles. The largest absolute Gasteiger partial charge is 0.478 e. The normalized spacial score (nSPS) is 11.2. The van der Waals surface area contributed by atoms with Gasteiger partial charge in [-0.3, -0.25) is 9.59 Å². The minimum absolute atomic E-state index is 0.152. The Morgan fingerprint density at radius 2 is 1.39 bits per heavy atom. The van der Waals surface area contributed by atoms with Gasteiger partial charge in [-0.2, -0.15) is 5.10 Å². The van der Waals surface area contributed by atoms with Gasteiger partial charge in [-0.25, -0.2) is 10.2 Å². The van der Waals surface area contributed by atoms with Crippen LogP contribution in [0.15, 0.2) is 77.9 Å². The number of ether oxygens (including phenoxy) is 1. The number of halogens is 1. The number of carboxylic acid groups (broad SMARTS) is 1. The molecule has 0 atom stereocenters. The van der Waals surface area contributed by atoms with Crippen molar-refractivity contribution in [3.63, 3.8) is 0 Å². The van der Waals surface area contributed by atoms with Crippen LogP contribution in [-0.2, 0) is 4.79 Å². The molecule has 0 fully saturated rings. The molecule has 0 aliphatic carbocycles. The molecule has 0 aliphatic rings. The number of aromatic carboxylic acids is 1. The monoisotopic (exact) mass is 464 g/mol. The second kappa shape index (κ2) is 10.1. The summed E-state index contributed by atoms with van der Waals surface area (Å²) in [5.74, 6) is -1.24. The molecule has 0 spiro atoms. The van der Waals surface area contributed by atoms with Crippen LogP contribution in [0, 0.1) is 0 Å². The van der Waals surface area contributed by atoms with E-state index in [0.29, 0.717) is 27.5 Å². The summed E-state index contributed by atoms with van der Waals surface area (Å²) in [5.41, 5.74) is 2.94. The number of hydrazone groups is 1. The lowest BCUT2D eigenvalue weighted by Crippen LogP contribution is -2.44. The van der Waals surface area contributed by atoms with Gasteiger partial charge in [0.2, 0.25) is 0 Å². The van der Waals surface area contributed by atoms with Crippen LogP contribution in [0.2, 0.25) is 5.02 Å². The lowest BCUT2D eigenvalue weighted by Gasteiger charge is -2.24. The molecule has 33 heavy (non-hydrogen) atoms. The van der Waals surface area contributed by atoms with Gasteiger partial charge in [-0.1, -0.05) is 23.7 Å². The highest BCUT2D eigenvalue weighted by Crippen LogP contribution is 2.21. The van der Waals surface area contributed by atoms with E-state index in [9.17, 15) is 14.4 Å². The Hall–Kier alpha value is -3.97. The fourth-order valence-corrected chi connectivity index (χ4v) is 2.92. The minimum Gasteiger partial charge on any atom is -0.478 e. The van der Waals surface area contributed by atoms with E-state index in [2.05, 4.69) is 10.5 Å². The number of amides is 1. The van der Waals surface area contributed by atoms with Crippen molar-refractivity contribution in [2.45, 2.75) is 19.4 Å². The minimum atomic E-state index is -1.24. The standard InChI is InChI=1S/C25H21ClN2O5/c1-25(2,24(32)28-27-15-16-3-5-19(6-4-16)23(30)31)33-21-13-9-18(10-14-21)22(29)17-7-11-20(26)12-8-17/h3-15H,1-2H3,(H,28,32)(H,30,31)/b27-15+. The SMILES string of the molecule is CC(C)(Oc1ccc(C(=O)c2ccc(Cl)cc2)cc1)C(=O)N/N=C/c1ccc(C(=O)O)cc1. The summed E-state index contributed by atoms with van der Waals surface area (Å²) in [6.45, 7) is 3.18. The van der Waals surface area contributed by atoms with Gasteiger partial charge in [0.1, 0.15) is 5.75 Å². The predicted molar refractivity (Wildman–Crippen MR) is 125 cm³/mol. The zero-order valence-corrected chi connectivity index (χ0v) is 18.7. The molecule has 7 nitrogen and oxygen atoms in total. The van der Waals surface area contributed by atoms with E-state index in [0.717, 1.165) is 0 Å². The highest BCUT2D eigenvalue weighted by molar-refractivity contribution is 6.30. The summed E-state index contributed by atoms with van der Waals surface area (Å²) in [7, 11) is 0. The first-order valence-corrected chi connectivity index (χ1v) is 10.3. The maximum atomic E-state index is 12.6. The van der Waals surface area contributed by atoms with Gasteiger partial charge in [0.25, 0.3) is 5.91 Å². The van der Waals surface area contributed by atoms with Gasteiger partial charge in [0, 0.05) is 16.1 Å². The van der Waals surface area contributed by atoms with Crippen molar-refractivity contribution in [3.05, 3.63) is 100 Å². The average molecular weight is 465 g/mol. The van der Waals surface area contributed by atoms with Crippen LogP contribution in [0.5, 0.6) is 5.75 Å². The summed E-state index contributed by atoms with van der Waals surface area (Å²) >= 11 is 5.86. The highest BCUT2D eigenvalue weighted by Gasteiger charge is 2.30. The maximum absolute atomic E-state index is 12.6. The highest BCUT2D eigenvalue weighted by atomic mass is 35.5. The maximum Gasteiger partial charge on any atom is 0.335 e. The molecule has 0 bridgehead atoms. The second-order valence-corrected chi connectivity index (χ2v) is 8.04. The number of hydrogen-bond donors (Lipinski definition) is 2. The van der Waals surface area contributed by atoms with Gasteiger partial charge in [0.05, 0.1) is 11.8 Å². The van der Waals surface area contributed by atoms with Crippen molar-refractivity contribution >= 4 is 35.5 Å². The number of carbonyl (C=O) groups is 3. The molecular formula is C25H21ClN2O5. The Balaban J connectivity index is 1.59. The van der Waals surface area contributed by atoms with Gasteiger partial charge >= 0.3 is 5.97 Å². The molecule has 0 aromatic heterocycles. The summed E-state index contributed by atoms with van der Waals surface area (Å²) in [5, 5.41) is 13.4. The van der Waals surface area contributed by atoms with Crippen LogP contribution in [-0.4, -0.2) is 34.6 Å². The van der Waals surface area contributed by atoms with E-state index in [4.69, 9.17) is 21.4 Å². The molecule has 2 N–H and O–H groups in total. The fourth-order valence-electron chi connectivity index (χ4n) is 2.80. The summed E-state index contributed by atoms with van der Waals surface area (Å²) in [6, 6.07) is 19.1. The number of nitrogens with one attached hydrogen (secondary N) is 1. The van der Waals surface area contributed by atoms with Crippen LogP contribution in [0.1, 0.15) is 45.7 Å². The van der Waals surface area contributed by atoms with Crippen molar-refractivity contribution in [2.24, 2.45) is 5.10 Å². The van der Waals surface area contributed by atoms with Gasteiger partial charge in [-0.05, 0) is 80.1 Å². The number of hydrogen-bond acceptors (Lipinski definition) is 5. The van der Waals surface area contributed by atoms with Crippen LogP contribution in [0.4, 0.5) is 0 Å².